The topological polar surface area (TPSA) is 137 Å². The van der Waals surface area contributed by atoms with E-state index in [9.17, 15) is 24.3 Å². The van der Waals surface area contributed by atoms with Gasteiger partial charge in [0.2, 0.25) is 11.8 Å². The van der Waals surface area contributed by atoms with E-state index >= 15 is 0 Å². The Morgan fingerprint density at radius 1 is 1.11 bits per heavy atom. The summed E-state index contributed by atoms with van der Waals surface area (Å²) in [7, 11) is 4.48. The molecule has 10 heteroatoms. The minimum absolute atomic E-state index is 0.0758. The van der Waals surface area contributed by atoms with Crippen molar-refractivity contribution in [3.05, 3.63) is 54.1 Å². The molecule has 0 radical (unpaired) electrons. The number of likely N-dealkylation sites (N-methyl/N-ethyl adjacent to an activating group) is 2. The first-order valence-corrected chi connectivity index (χ1v) is 12.2. The normalized spacial score (nSPS) is 14.5. The van der Waals surface area contributed by atoms with Crippen LogP contribution < -0.4 is 16.0 Å². The van der Waals surface area contributed by atoms with Gasteiger partial charge >= 0.3 is 12.1 Å². The zero-order valence-electron chi connectivity index (χ0n) is 23.8. The van der Waals surface area contributed by atoms with Crippen molar-refractivity contribution in [3.63, 3.8) is 0 Å². The second-order valence-electron chi connectivity index (χ2n) is 10.8. The number of hydrogen-bond donors (Lipinski definition) is 4. The van der Waals surface area contributed by atoms with E-state index in [4.69, 9.17) is 0 Å². The lowest BCUT2D eigenvalue weighted by atomic mass is 9.76. The number of amides is 3. The Labute approximate surface area is 225 Å². The highest BCUT2D eigenvalue weighted by atomic mass is 16.5. The molecule has 4 N–H and O–H groups in total. The molecule has 0 aliphatic carbocycles. The third-order valence-electron chi connectivity index (χ3n) is 6.50. The molecule has 1 rings (SSSR count). The van der Waals surface area contributed by atoms with Crippen LogP contribution in [0.25, 0.3) is 0 Å². The molecular formula is C28H42N4O6. The van der Waals surface area contributed by atoms with Gasteiger partial charge in [0.05, 0.1) is 19.2 Å². The standard InChI is InChI=1S/C28H42N4O6/c1-11-20(15-17(2)25(35)36)32(9)24(34)22(27(3,4)5)31-23(33)21(29-8)28(6,7)18-13-12-14-19(16-18)30-26(37)38-10/h11-16,20-22,29H,1H2,2-10H3,(H,30,37)(H,31,33)(H,35,36)/b17-15+/t20-,21+,22+/m0/s1. The number of anilines is 1. The van der Waals surface area contributed by atoms with Crippen LogP contribution >= 0.6 is 0 Å². The Bertz CT molecular complexity index is 1070. The third-order valence-corrected chi connectivity index (χ3v) is 6.50. The average molecular weight is 531 g/mol. The van der Waals surface area contributed by atoms with Gasteiger partial charge in [-0.05, 0) is 43.2 Å². The molecule has 0 heterocycles. The van der Waals surface area contributed by atoms with E-state index in [1.54, 1.807) is 32.3 Å². The fourth-order valence-corrected chi connectivity index (χ4v) is 4.04. The number of ether oxygens (including phenoxy) is 1. The number of aliphatic carboxylic acids is 1. The number of carboxylic acids is 1. The quantitative estimate of drug-likeness (QED) is 0.254. The lowest BCUT2D eigenvalue weighted by Gasteiger charge is -2.39. The summed E-state index contributed by atoms with van der Waals surface area (Å²) in [6.07, 6.45) is 2.30. The highest BCUT2D eigenvalue weighted by Crippen LogP contribution is 2.30. The minimum atomic E-state index is -1.09. The van der Waals surface area contributed by atoms with Crippen molar-refractivity contribution in [1.82, 2.24) is 15.5 Å². The molecule has 0 aromatic heterocycles. The molecule has 1 aromatic carbocycles. The molecule has 3 amide bonds. The van der Waals surface area contributed by atoms with Gasteiger partial charge in [0.15, 0.2) is 0 Å². The summed E-state index contributed by atoms with van der Waals surface area (Å²) in [5.74, 6) is -1.87. The van der Waals surface area contributed by atoms with Crippen molar-refractivity contribution in [1.29, 1.82) is 0 Å². The molecule has 0 saturated carbocycles. The van der Waals surface area contributed by atoms with E-state index in [-0.39, 0.29) is 11.5 Å². The Morgan fingerprint density at radius 3 is 2.18 bits per heavy atom. The summed E-state index contributed by atoms with van der Waals surface area (Å²) >= 11 is 0. The van der Waals surface area contributed by atoms with Crippen LogP contribution in [-0.2, 0) is 24.5 Å². The van der Waals surface area contributed by atoms with Gasteiger partial charge < -0.3 is 25.4 Å². The van der Waals surface area contributed by atoms with Crippen molar-refractivity contribution in [2.45, 2.75) is 65.1 Å². The number of hydrogen-bond acceptors (Lipinski definition) is 6. The van der Waals surface area contributed by atoms with Crippen molar-refractivity contribution in [2.75, 3.05) is 26.5 Å². The summed E-state index contributed by atoms with van der Waals surface area (Å²) in [5, 5.41) is 17.9. The molecule has 3 atom stereocenters. The zero-order valence-corrected chi connectivity index (χ0v) is 23.8. The van der Waals surface area contributed by atoms with Crippen LogP contribution in [0.2, 0.25) is 0 Å². The molecule has 0 bridgehead atoms. The van der Waals surface area contributed by atoms with E-state index in [0.29, 0.717) is 5.69 Å². The minimum Gasteiger partial charge on any atom is -0.478 e. The molecule has 38 heavy (non-hydrogen) atoms. The van der Waals surface area contributed by atoms with Crippen LogP contribution in [0.1, 0.15) is 47.1 Å². The lowest BCUT2D eigenvalue weighted by Crippen LogP contribution is -2.61. The van der Waals surface area contributed by atoms with Crippen molar-refractivity contribution in [3.8, 4) is 0 Å². The van der Waals surface area contributed by atoms with Crippen LogP contribution in [0, 0.1) is 5.41 Å². The molecule has 0 saturated heterocycles. The number of carbonyl (C=O) groups excluding carboxylic acids is 3. The molecular weight excluding hydrogens is 488 g/mol. The van der Waals surface area contributed by atoms with E-state index in [0.717, 1.165) is 5.56 Å². The van der Waals surface area contributed by atoms with E-state index in [1.165, 1.54) is 31.1 Å². The average Bonchev–Trinajstić information content (AvgIpc) is 2.84. The number of nitrogens with zero attached hydrogens (tertiary/aromatic N) is 1. The second-order valence-corrected chi connectivity index (χ2v) is 10.8. The molecule has 0 aliphatic rings. The highest BCUT2D eigenvalue weighted by molar-refractivity contribution is 5.92. The van der Waals surface area contributed by atoms with Crippen LogP contribution in [-0.4, -0.2) is 73.2 Å². The summed E-state index contributed by atoms with van der Waals surface area (Å²) in [6, 6.07) is 4.76. The Morgan fingerprint density at radius 2 is 1.71 bits per heavy atom. The van der Waals surface area contributed by atoms with Gasteiger partial charge in [-0.2, -0.15) is 0 Å². The maximum absolute atomic E-state index is 13.7. The maximum Gasteiger partial charge on any atom is 0.411 e. The first-order valence-electron chi connectivity index (χ1n) is 12.2. The number of rotatable bonds is 11. The van der Waals surface area contributed by atoms with E-state index in [2.05, 4.69) is 27.3 Å². The summed E-state index contributed by atoms with van der Waals surface area (Å²) in [5.41, 5.74) is -0.0493. The van der Waals surface area contributed by atoms with Crippen molar-refractivity contribution < 1.29 is 29.0 Å². The van der Waals surface area contributed by atoms with Gasteiger partial charge in [-0.25, -0.2) is 9.59 Å². The second kappa shape index (κ2) is 13.2. The number of carboxylic acid groups (broad SMARTS) is 1. The molecule has 1 aromatic rings. The third kappa shape index (κ3) is 8.17. The zero-order chi connectivity index (χ0) is 29.4. The highest BCUT2D eigenvalue weighted by Gasteiger charge is 2.41. The van der Waals surface area contributed by atoms with E-state index < -0.39 is 46.9 Å². The fraction of sp³-hybridized carbons (Fsp3) is 0.500. The van der Waals surface area contributed by atoms with Gasteiger partial charge in [0, 0.05) is 23.7 Å². The predicted octanol–water partition coefficient (Wildman–Crippen LogP) is 3.31. The van der Waals surface area contributed by atoms with Crippen LogP contribution in [0.3, 0.4) is 0 Å². The van der Waals surface area contributed by atoms with E-state index in [1.807, 2.05) is 40.7 Å². The first-order chi connectivity index (χ1) is 17.5. The SMILES string of the molecule is C=C[C@@H](/C=C(\C)C(=O)O)N(C)C(=O)[C@@H](NC(=O)[C@@H](NC)C(C)(C)c1cccc(NC(=O)OC)c1)C(C)(C)C. The van der Waals surface area contributed by atoms with Gasteiger partial charge in [0.1, 0.15) is 6.04 Å². The Hall–Kier alpha value is -3.66. The van der Waals surface area contributed by atoms with Crippen LogP contribution in [0.15, 0.2) is 48.6 Å². The lowest BCUT2D eigenvalue weighted by molar-refractivity contribution is -0.139. The molecule has 210 valence electrons. The first kappa shape index (κ1) is 32.4. The predicted molar refractivity (Wildman–Crippen MR) is 148 cm³/mol. The molecule has 0 unspecified atom stereocenters. The largest absolute Gasteiger partial charge is 0.478 e. The van der Waals surface area contributed by atoms with Crippen molar-refractivity contribution >= 4 is 29.6 Å². The van der Waals surface area contributed by atoms with Crippen LogP contribution in [0.4, 0.5) is 10.5 Å². The molecule has 0 aliphatic heterocycles. The summed E-state index contributed by atoms with van der Waals surface area (Å²) in [4.78, 5) is 51.6. The smallest absolute Gasteiger partial charge is 0.411 e. The molecule has 10 nitrogen and oxygen atoms in total. The van der Waals surface area contributed by atoms with Gasteiger partial charge in [-0.15, -0.1) is 6.58 Å². The van der Waals surface area contributed by atoms with Gasteiger partial charge in [-0.3, -0.25) is 14.9 Å². The monoisotopic (exact) mass is 530 g/mol. The number of methoxy groups -OCH3 is 1. The number of benzene rings is 1. The summed E-state index contributed by atoms with van der Waals surface area (Å²) in [6.45, 7) is 14.5. The van der Waals surface area contributed by atoms with Crippen molar-refractivity contribution in [2.24, 2.45) is 5.41 Å². The maximum atomic E-state index is 13.7. The van der Waals surface area contributed by atoms with Gasteiger partial charge in [0.25, 0.3) is 0 Å². The summed E-state index contributed by atoms with van der Waals surface area (Å²) < 4.78 is 4.66. The Balaban J connectivity index is 3.31. The molecule has 0 spiro atoms. The number of carbonyl (C=O) groups is 4. The number of nitrogens with one attached hydrogen (secondary N) is 3. The molecule has 0 fully saturated rings. The van der Waals surface area contributed by atoms with Crippen LogP contribution in [0.5, 0.6) is 0 Å². The Kier molecular flexibility index (Phi) is 11.3. The van der Waals surface area contributed by atoms with Gasteiger partial charge in [-0.1, -0.05) is 52.8 Å². The fourth-order valence-electron chi connectivity index (χ4n) is 4.04.